The maximum absolute atomic E-state index is 5.42. The molecule has 4 N–H and O–H groups in total. The zero-order chi connectivity index (χ0) is 11.5. The number of guanidine groups is 1. The van der Waals surface area contributed by atoms with Gasteiger partial charge in [0.15, 0.2) is 0 Å². The highest BCUT2D eigenvalue weighted by Gasteiger charge is 2.20. The molecule has 1 aromatic carbocycles. The summed E-state index contributed by atoms with van der Waals surface area (Å²) >= 11 is 3.46. The van der Waals surface area contributed by atoms with Gasteiger partial charge in [-0.25, -0.2) is 10.8 Å². The molecule has 0 aromatic heterocycles. The van der Waals surface area contributed by atoms with E-state index in [2.05, 4.69) is 37.7 Å². The van der Waals surface area contributed by atoms with Gasteiger partial charge < -0.3 is 5.32 Å². The van der Waals surface area contributed by atoms with E-state index < -0.39 is 0 Å². The van der Waals surface area contributed by atoms with Gasteiger partial charge in [0.2, 0.25) is 5.96 Å². The summed E-state index contributed by atoms with van der Waals surface area (Å²) in [6.45, 7) is 2.05. The van der Waals surface area contributed by atoms with Crippen molar-refractivity contribution in [3.05, 3.63) is 28.2 Å². The highest BCUT2D eigenvalue weighted by Crippen LogP contribution is 2.24. The van der Waals surface area contributed by atoms with Gasteiger partial charge in [0.1, 0.15) is 0 Å². The van der Waals surface area contributed by atoms with Gasteiger partial charge in [0.05, 0.1) is 6.04 Å². The quantitative estimate of drug-likeness (QED) is 0.337. The number of benzene rings is 1. The lowest BCUT2D eigenvalue weighted by atomic mass is 10.2. The molecule has 1 aliphatic rings. The van der Waals surface area contributed by atoms with Crippen molar-refractivity contribution >= 4 is 27.6 Å². The number of nitrogens with two attached hydrogens (primary N) is 1. The number of hydrazine groups is 1. The molecule has 0 unspecified atom stereocenters. The first-order valence-electron chi connectivity index (χ1n) is 5.26. The standard InChI is InChI=1S/C11H15BrN4/c1-7-4-8(12)6-10(5-7)15-11(16-13)14-9-2-3-9/h4-6,9H,2-3,13H2,1H3,(H2,14,15,16). The fourth-order valence-electron chi connectivity index (χ4n) is 1.44. The van der Waals surface area contributed by atoms with Gasteiger partial charge in [-0.3, -0.25) is 5.43 Å². The van der Waals surface area contributed by atoms with Crippen molar-refractivity contribution in [2.45, 2.75) is 25.8 Å². The molecule has 0 amide bonds. The maximum atomic E-state index is 5.42. The predicted octanol–water partition coefficient (Wildman–Crippen LogP) is 2.15. The molecule has 2 rings (SSSR count). The zero-order valence-electron chi connectivity index (χ0n) is 9.13. The first-order chi connectivity index (χ1) is 7.67. The van der Waals surface area contributed by atoms with E-state index >= 15 is 0 Å². The lowest BCUT2D eigenvalue weighted by Crippen LogP contribution is -2.36. The average Bonchev–Trinajstić information content (AvgIpc) is 2.99. The van der Waals surface area contributed by atoms with E-state index in [4.69, 9.17) is 5.84 Å². The molecule has 86 valence electrons. The van der Waals surface area contributed by atoms with E-state index in [-0.39, 0.29) is 0 Å². The molecule has 1 aromatic rings. The second-order valence-corrected chi connectivity index (χ2v) is 4.91. The second kappa shape index (κ2) is 4.84. The Morgan fingerprint density at radius 1 is 1.44 bits per heavy atom. The maximum Gasteiger partial charge on any atom is 0.210 e. The molecule has 1 aliphatic carbocycles. The summed E-state index contributed by atoms with van der Waals surface area (Å²) in [7, 11) is 0. The fraction of sp³-hybridized carbons (Fsp3) is 0.364. The molecule has 16 heavy (non-hydrogen) atoms. The first kappa shape index (κ1) is 11.4. The Kier molecular flexibility index (Phi) is 3.46. The Hall–Kier alpha value is -1.07. The van der Waals surface area contributed by atoms with Crippen LogP contribution in [0.4, 0.5) is 5.69 Å². The largest absolute Gasteiger partial charge is 0.325 e. The van der Waals surface area contributed by atoms with Crippen LogP contribution in [0, 0.1) is 6.92 Å². The van der Waals surface area contributed by atoms with Crippen LogP contribution in [0.5, 0.6) is 0 Å². The summed E-state index contributed by atoms with van der Waals surface area (Å²) in [6, 6.07) is 6.53. The molecular weight excluding hydrogens is 268 g/mol. The normalized spacial score (nSPS) is 16.1. The predicted molar refractivity (Wildman–Crippen MR) is 70.3 cm³/mol. The number of hydrogen-bond acceptors (Lipinski definition) is 2. The number of rotatable bonds is 2. The van der Waals surface area contributed by atoms with Crippen molar-refractivity contribution in [2.75, 3.05) is 5.32 Å². The van der Waals surface area contributed by atoms with Crippen molar-refractivity contribution in [1.29, 1.82) is 0 Å². The Morgan fingerprint density at radius 3 is 2.75 bits per heavy atom. The van der Waals surface area contributed by atoms with Crippen molar-refractivity contribution in [2.24, 2.45) is 10.8 Å². The van der Waals surface area contributed by atoms with Gasteiger partial charge in [-0.1, -0.05) is 15.9 Å². The summed E-state index contributed by atoms with van der Waals surface area (Å²) in [6.07, 6.45) is 2.31. The summed E-state index contributed by atoms with van der Waals surface area (Å²) in [5.41, 5.74) is 4.74. The van der Waals surface area contributed by atoms with E-state index in [1.807, 2.05) is 19.1 Å². The monoisotopic (exact) mass is 282 g/mol. The highest BCUT2D eigenvalue weighted by atomic mass is 79.9. The summed E-state index contributed by atoms with van der Waals surface area (Å²) in [5.74, 6) is 6.04. The minimum absolute atomic E-state index is 0.437. The first-order valence-corrected chi connectivity index (χ1v) is 6.05. The smallest absolute Gasteiger partial charge is 0.210 e. The van der Waals surface area contributed by atoms with Crippen LogP contribution in [0.15, 0.2) is 27.7 Å². The number of halogens is 1. The van der Waals surface area contributed by atoms with E-state index in [1.54, 1.807) is 0 Å². The van der Waals surface area contributed by atoms with Crippen molar-refractivity contribution < 1.29 is 0 Å². The number of hydrogen-bond donors (Lipinski definition) is 3. The third-order valence-electron chi connectivity index (χ3n) is 2.30. The van der Waals surface area contributed by atoms with Gasteiger partial charge in [-0.05, 0) is 43.5 Å². The number of aliphatic imine (C=N–C) groups is 1. The molecule has 0 heterocycles. The third kappa shape index (κ3) is 3.21. The number of nitrogens with one attached hydrogen (secondary N) is 2. The van der Waals surface area contributed by atoms with E-state index in [0.717, 1.165) is 23.0 Å². The highest BCUT2D eigenvalue weighted by molar-refractivity contribution is 9.10. The van der Waals surface area contributed by atoms with Gasteiger partial charge in [-0.15, -0.1) is 0 Å². The summed E-state index contributed by atoms with van der Waals surface area (Å²) < 4.78 is 1.04. The van der Waals surface area contributed by atoms with E-state index in [0.29, 0.717) is 12.0 Å². The van der Waals surface area contributed by atoms with E-state index in [9.17, 15) is 0 Å². The summed E-state index contributed by atoms with van der Waals surface area (Å²) in [4.78, 5) is 4.42. The lowest BCUT2D eigenvalue weighted by Gasteiger charge is -2.10. The molecular formula is C11H15BrN4. The zero-order valence-corrected chi connectivity index (χ0v) is 10.7. The number of anilines is 1. The Bertz CT molecular complexity index is 392. The molecule has 0 radical (unpaired) electrons. The van der Waals surface area contributed by atoms with Gasteiger partial charge in [-0.2, -0.15) is 0 Å². The molecule has 0 atom stereocenters. The minimum atomic E-state index is 0.437. The number of nitrogens with zero attached hydrogens (tertiary/aromatic N) is 1. The van der Waals surface area contributed by atoms with Crippen LogP contribution in [0.3, 0.4) is 0 Å². The molecule has 5 heteroatoms. The van der Waals surface area contributed by atoms with Crippen LogP contribution >= 0.6 is 15.9 Å². The molecule has 0 spiro atoms. The Labute approximate surface area is 103 Å². The van der Waals surface area contributed by atoms with Crippen LogP contribution in [0.1, 0.15) is 18.4 Å². The third-order valence-corrected chi connectivity index (χ3v) is 2.76. The summed E-state index contributed by atoms with van der Waals surface area (Å²) in [5, 5.41) is 3.17. The van der Waals surface area contributed by atoms with Crippen LogP contribution < -0.4 is 16.6 Å². The van der Waals surface area contributed by atoms with Crippen LogP contribution in [0.2, 0.25) is 0 Å². The molecule has 1 saturated carbocycles. The molecule has 1 fully saturated rings. The molecule has 0 bridgehead atoms. The minimum Gasteiger partial charge on any atom is -0.325 e. The van der Waals surface area contributed by atoms with Crippen molar-refractivity contribution in [3.8, 4) is 0 Å². The van der Waals surface area contributed by atoms with Crippen LogP contribution in [0.25, 0.3) is 0 Å². The lowest BCUT2D eigenvalue weighted by molar-refractivity contribution is 0.966. The second-order valence-electron chi connectivity index (χ2n) is 4.00. The SMILES string of the molecule is Cc1cc(Br)cc(NC(=NC2CC2)NN)c1. The van der Waals surface area contributed by atoms with Crippen molar-refractivity contribution in [1.82, 2.24) is 5.43 Å². The number of aryl methyl sites for hydroxylation is 1. The fourth-order valence-corrected chi connectivity index (χ4v) is 2.04. The topological polar surface area (TPSA) is 62.4 Å². The molecule has 4 nitrogen and oxygen atoms in total. The Balaban J connectivity index is 2.11. The van der Waals surface area contributed by atoms with E-state index in [1.165, 1.54) is 5.56 Å². The van der Waals surface area contributed by atoms with Gasteiger partial charge in [0.25, 0.3) is 0 Å². The molecule has 0 saturated heterocycles. The Morgan fingerprint density at radius 2 is 2.19 bits per heavy atom. The molecule has 0 aliphatic heterocycles. The average molecular weight is 283 g/mol. The van der Waals surface area contributed by atoms with Crippen LogP contribution in [-0.4, -0.2) is 12.0 Å². The van der Waals surface area contributed by atoms with Gasteiger partial charge >= 0.3 is 0 Å². The van der Waals surface area contributed by atoms with Gasteiger partial charge in [0, 0.05) is 10.2 Å². The van der Waals surface area contributed by atoms with Crippen LogP contribution in [-0.2, 0) is 0 Å². The van der Waals surface area contributed by atoms with Crippen molar-refractivity contribution in [3.63, 3.8) is 0 Å².